The van der Waals surface area contributed by atoms with Crippen LogP contribution in [0.15, 0.2) is 59.2 Å². The van der Waals surface area contributed by atoms with E-state index < -0.39 is 0 Å². The first-order valence-corrected chi connectivity index (χ1v) is 9.19. The third-order valence-corrected chi connectivity index (χ3v) is 4.52. The Kier molecular flexibility index (Phi) is 5.73. The van der Waals surface area contributed by atoms with Crippen LogP contribution in [-0.2, 0) is 6.54 Å². The first-order chi connectivity index (χ1) is 12.0. The van der Waals surface area contributed by atoms with Gasteiger partial charge < -0.3 is 10.6 Å². The number of aryl methyl sites for hydroxylation is 1. The second-order valence-corrected chi connectivity index (χ2v) is 7.30. The van der Waals surface area contributed by atoms with E-state index in [1.807, 2.05) is 29.1 Å². The van der Waals surface area contributed by atoms with Crippen molar-refractivity contribution in [2.45, 2.75) is 13.5 Å². The van der Waals surface area contributed by atoms with Crippen molar-refractivity contribution in [3.63, 3.8) is 0 Å². The molecule has 0 fully saturated rings. The second-order valence-electron chi connectivity index (χ2n) is 5.60. The van der Waals surface area contributed by atoms with Crippen LogP contribution >= 0.6 is 39.7 Å². The van der Waals surface area contributed by atoms with Gasteiger partial charge in [0.15, 0.2) is 10.9 Å². The minimum atomic E-state index is 0.448. The number of thiocarbonyl (C=S) groups is 1. The van der Waals surface area contributed by atoms with Gasteiger partial charge in [-0.25, -0.2) is 0 Å². The van der Waals surface area contributed by atoms with Gasteiger partial charge in [-0.15, -0.1) is 0 Å². The van der Waals surface area contributed by atoms with Crippen molar-refractivity contribution in [1.82, 2.24) is 9.78 Å². The Bertz CT molecular complexity index is 892. The van der Waals surface area contributed by atoms with Crippen molar-refractivity contribution in [1.29, 1.82) is 0 Å². The molecule has 7 heteroatoms. The molecule has 2 aromatic carbocycles. The van der Waals surface area contributed by atoms with Crippen LogP contribution in [-0.4, -0.2) is 14.9 Å². The Morgan fingerprint density at radius 1 is 1.20 bits per heavy atom. The molecule has 0 saturated carbocycles. The van der Waals surface area contributed by atoms with Crippen LogP contribution in [0.4, 0.5) is 11.5 Å². The number of anilines is 2. The molecule has 1 heterocycles. The largest absolute Gasteiger partial charge is 0.332 e. The lowest BCUT2D eigenvalue weighted by Gasteiger charge is -2.09. The van der Waals surface area contributed by atoms with Crippen LogP contribution in [0.5, 0.6) is 0 Å². The van der Waals surface area contributed by atoms with E-state index in [2.05, 4.69) is 62.9 Å². The number of aromatic nitrogens is 2. The van der Waals surface area contributed by atoms with Gasteiger partial charge in [-0.1, -0.05) is 47.5 Å². The Hall–Kier alpha value is -1.89. The van der Waals surface area contributed by atoms with Gasteiger partial charge in [0.25, 0.3) is 0 Å². The summed E-state index contributed by atoms with van der Waals surface area (Å²) in [6.45, 7) is 2.76. The summed E-state index contributed by atoms with van der Waals surface area (Å²) >= 11 is 14.8. The van der Waals surface area contributed by atoms with Gasteiger partial charge in [-0.2, -0.15) is 5.10 Å². The van der Waals surface area contributed by atoms with Crippen molar-refractivity contribution in [2.24, 2.45) is 0 Å². The van der Waals surface area contributed by atoms with E-state index in [0.29, 0.717) is 22.5 Å². The Morgan fingerprint density at radius 2 is 1.96 bits per heavy atom. The number of hydrogen-bond donors (Lipinski definition) is 2. The van der Waals surface area contributed by atoms with E-state index in [9.17, 15) is 0 Å². The molecule has 0 aliphatic heterocycles. The summed E-state index contributed by atoms with van der Waals surface area (Å²) in [5.74, 6) is 0.659. The second kappa shape index (κ2) is 7.99. The van der Waals surface area contributed by atoms with Gasteiger partial charge in [-0.05, 0) is 58.8 Å². The summed E-state index contributed by atoms with van der Waals surface area (Å²) in [5, 5.41) is 11.8. The molecule has 3 aromatic rings. The monoisotopic (exact) mass is 434 g/mol. The molecule has 0 amide bonds. The molecule has 0 radical (unpaired) electrons. The van der Waals surface area contributed by atoms with E-state index in [1.165, 1.54) is 11.1 Å². The summed E-state index contributed by atoms with van der Waals surface area (Å²) in [6, 6.07) is 15.8. The summed E-state index contributed by atoms with van der Waals surface area (Å²) in [4.78, 5) is 0. The molecule has 4 nitrogen and oxygen atoms in total. The number of halogens is 2. The van der Waals surface area contributed by atoms with Crippen LogP contribution in [0.2, 0.25) is 5.02 Å². The molecular formula is C18H16BrClN4S. The van der Waals surface area contributed by atoms with Crippen LogP contribution in [0.3, 0.4) is 0 Å². The van der Waals surface area contributed by atoms with E-state index >= 15 is 0 Å². The fourth-order valence-electron chi connectivity index (χ4n) is 2.28. The zero-order chi connectivity index (χ0) is 17.8. The van der Waals surface area contributed by atoms with E-state index in [-0.39, 0.29) is 0 Å². The summed E-state index contributed by atoms with van der Waals surface area (Å²) in [6.07, 6.45) is 1.92. The highest BCUT2D eigenvalue weighted by Gasteiger charge is 2.09. The standard InChI is InChI=1S/C18H16BrClN4S/c1-12-5-7-13(8-6-12)10-24-11-16(19)17(23-24)22-18(25)21-15-4-2-3-14(20)9-15/h2-9,11H,10H2,1H3,(H2,21,22,23,25). The number of nitrogens with one attached hydrogen (secondary N) is 2. The molecule has 0 aliphatic rings. The van der Waals surface area contributed by atoms with Gasteiger partial charge in [-0.3, -0.25) is 4.68 Å². The lowest BCUT2D eigenvalue weighted by atomic mass is 10.1. The Labute approximate surface area is 165 Å². The van der Waals surface area contributed by atoms with E-state index in [0.717, 1.165) is 10.2 Å². The van der Waals surface area contributed by atoms with Crippen LogP contribution < -0.4 is 10.6 Å². The summed E-state index contributed by atoms with van der Waals surface area (Å²) in [7, 11) is 0. The Morgan fingerprint density at radius 3 is 2.68 bits per heavy atom. The zero-order valence-corrected chi connectivity index (χ0v) is 16.6. The average Bonchev–Trinajstić information content (AvgIpc) is 2.89. The van der Waals surface area contributed by atoms with Crippen molar-refractivity contribution < 1.29 is 0 Å². The normalized spacial score (nSPS) is 10.5. The maximum Gasteiger partial charge on any atom is 0.176 e. The molecule has 0 saturated heterocycles. The zero-order valence-electron chi connectivity index (χ0n) is 13.5. The number of benzene rings is 2. The molecule has 0 bridgehead atoms. The Balaban J connectivity index is 1.65. The molecule has 128 valence electrons. The maximum atomic E-state index is 5.98. The van der Waals surface area contributed by atoms with Gasteiger partial charge in [0.05, 0.1) is 11.0 Å². The van der Waals surface area contributed by atoms with Crippen LogP contribution in [0, 0.1) is 6.92 Å². The number of hydrogen-bond acceptors (Lipinski definition) is 2. The average molecular weight is 436 g/mol. The highest BCUT2D eigenvalue weighted by molar-refractivity contribution is 9.10. The molecular weight excluding hydrogens is 420 g/mol. The third kappa shape index (κ3) is 5.04. The predicted molar refractivity (Wildman–Crippen MR) is 112 cm³/mol. The maximum absolute atomic E-state index is 5.98. The van der Waals surface area contributed by atoms with Gasteiger partial charge in [0, 0.05) is 16.9 Å². The lowest BCUT2D eigenvalue weighted by Crippen LogP contribution is -2.19. The van der Waals surface area contributed by atoms with Crippen molar-refractivity contribution in [3.8, 4) is 0 Å². The number of nitrogens with zero attached hydrogens (tertiary/aromatic N) is 2. The number of rotatable bonds is 4. The topological polar surface area (TPSA) is 41.9 Å². The van der Waals surface area contributed by atoms with Gasteiger partial charge in [0.1, 0.15) is 0 Å². The van der Waals surface area contributed by atoms with E-state index in [1.54, 1.807) is 6.07 Å². The summed E-state index contributed by atoms with van der Waals surface area (Å²) < 4.78 is 2.70. The quantitative estimate of drug-likeness (QED) is 0.534. The van der Waals surface area contributed by atoms with Crippen molar-refractivity contribution in [2.75, 3.05) is 10.6 Å². The first-order valence-electron chi connectivity index (χ1n) is 7.62. The third-order valence-electron chi connectivity index (χ3n) is 3.50. The van der Waals surface area contributed by atoms with Gasteiger partial charge >= 0.3 is 0 Å². The smallest absolute Gasteiger partial charge is 0.176 e. The molecule has 3 rings (SSSR count). The molecule has 25 heavy (non-hydrogen) atoms. The predicted octanol–water partition coefficient (Wildman–Crippen LogP) is 5.46. The minimum absolute atomic E-state index is 0.448. The molecule has 0 aliphatic carbocycles. The molecule has 2 N–H and O–H groups in total. The molecule has 0 unspecified atom stereocenters. The van der Waals surface area contributed by atoms with Gasteiger partial charge in [0.2, 0.25) is 0 Å². The molecule has 1 aromatic heterocycles. The van der Waals surface area contributed by atoms with Crippen LogP contribution in [0.1, 0.15) is 11.1 Å². The SMILES string of the molecule is Cc1ccc(Cn2cc(Br)c(NC(=S)Nc3cccc(Cl)c3)n2)cc1. The fourth-order valence-corrected chi connectivity index (χ4v) is 3.10. The highest BCUT2D eigenvalue weighted by Crippen LogP contribution is 2.22. The first kappa shape index (κ1) is 17.9. The van der Waals surface area contributed by atoms with Crippen molar-refractivity contribution in [3.05, 3.63) is 75.4 Å². The molecule has 0 spiro atoms. The highest BCUT2D eigenvalue weighted by atomic mass is 79.9. The van der Waals surface area contributed by atoms with Crippen LogP contribution in [0.25, 0.3) is 0 Å². The lowest BCUT2D eigenvalue weighted by molar-refractivity contribution is 0.689. The minimum Gasteiger partial charge on any atom is -0.332 e. The van der Waals surface area contributed by atoms with Crippen molar-refractivity contribution >= 4 is 56.4 Å². The van der Waals surface area contributed by atoms with E-state index in [4.69, 9.17) is 23.8 Å². The molecule has 0 atom stereocenters. The fraction of sp³-hybridized carbons (Fsp3) is 0.111. The summed E-state index contributed by atoms with van der Waals surface area (Å²) in [5.41, 5.74) is 3.25.